The van der Waals surface area contributed by atoms with Crippen LogP contribution in [0.1, 0.15) is 0 Å². The number of rotatable bonds is 18. The molecule has 0 radical (unpaired) electrons. The minimum Gasteiger partial charge on any atom is -0.490 e. The second-order valence-electron chi connectivity index (χ2n) is 5.31. The molecule has 2 N–H and O–H groups in total. The van der Waals surface area contributed by atoms with Crippen LogP contribution in [-0.4, -0.2) is 89.5 Å². The van der Waals surface area contributed by atoms with Crippen LogP contribution in [0.15, 0.2) is 21.1 Å². The van der Waals surface area contributed by atoms with Gasteiger partial charge in [0.2, 0.25) is 0 Å². The maximum Gasteiger partial charge on any atom is 0.134 e. The van der Waals surface area contributed by atoms with E-state index in [4.69, 9.17) is 38.6 Å². The average molecular weight is 532 g/mol. The topological polar surface area (TPSA) is 95.8 Å². The second-order valence-corrected chi connectivity index (χ2v) is 7.02. The van der Waals surface area contributed by atoms with Crippen LogP contribution in [0.2, 0.25) is 0 Å². The van der Waals surface area contributed by atoms with Crippen molar-refractivity contribution in [3.63, 3.8) is 0 Å². The Morgan fingerprint density at radius 3 is 1.21 bits per heavy atom. The zero-order chi connectivity index (χ0) is 20.5. The van der Waals surface area contributed by atoms with E-state index in [1.807, 2.05) is 12.1 Å². The van der Waals surface area contributed by atoms with Crippen LogP contribution in [0, 0.1) is 0 Å². The summed E-state index contributed by atoms with van der Waals surface area (Å²) in [6.07, 6.45) is 0. The Morgan fingerprint density at radius 2 is 0.857 bits per heavy atom. The van der Waals surface area contributed by atoms with E-state index in [-0.39, 0.29) is 13.2 Å². The van der Waals surface area contributed by atoms with E-state index in [9.17, 15) is 0 Å². The van der Waals surface area contributed by atoms with Gasteiger partial charge in [0.15, 0.2) is 0 Å². The van der Waals surface area contributed by atoms with Gasteiger partial charge >= 0.3 is 0 Å². The molecule has 0 heterocycles. The van der Waals surface area contributed by atoms with Gasteiger partial charge < -0.3 is 38.6 Å². The number of aliphatic hydroxyl groups excluding tert-OH is 2. The first kappa shape index (κ1) is 25.6. The molecule has 1 aromatic carbocycles. The maximum atomic E-state index is 8.59. The molecule has 0 aliphatic carbocycles. The molecule has 0 aliphatic rings. The molecule has 28 heavy (non-hydrogen) atoms. The SMILES string of the molecule is OCCOCCOCCOc1cc(Br)c(OCCOCCOCCO)cc1Br. The molecule has 1 aromatic rings. The van der Waals surface area contributed by atoms with Crippen molar-refractivity contribution in [3.05, 3.63) is 21.1 Å². The van der Waals surface area contributed by atoms with Gasteiger partial charge in [-0.25, -0.2) is 0 Å². The molecule has 0 saturated heterocycles. The summed E-state index contributed by atoms with van der Waals surface area (Å²) in [5.41, 5.74) is 0. The Morgan fingerprint density at radius 1 is 0.536 bits per heavy atom. The molecule has 0 aliphatic heterocycles. The summed E-state index contributed by atoms with van der Waals surface area (Å²) >= 11 is 6.94. The van der Waals surface area contributed by atoms with Crippen molar-refractivity contribution in [3.8, 4) is 11.5 Å². The zero-order valence-electron chi connectivity index (χ0n) is 15.7. The van der Waals surface area contributed by atoms with Gasteiger partial charge in [-0.3, -0.25) is 0 Å². The van der Waals surface area contributed by atoms with Crippen LogP contribution in [0.4, 0.5) is 0 Å². The molecule has 0 amide bonds. The van der Waals surface area contributed by atoms with Gasteiger partial charge in [0, 0.05) is 0 Å². The van der Waals surface area contributed by atoms with E-state index >= 15 is 0 Å². The largest absolute Gasteiger partial charge is 0.490 e. The monoisotopic (exact) mass is 530 g/mol. The van der Waals surface area contributed by atoms with E-state index in [1.54, 1.807) is 0 Å². The normalized spacial score (nSPS) is 11.0. The van der Waals surface area contributed by atoms with Gasteiger partial charge in [0.25, 0.3) is 0 Å². The summed E-state index contributed by atoms with van der Waals surface area (Å²) in [5, 5.41) is 17.2. The highest BCUT2D eigenvalue weighted by Crippen LogP contribution is 2.36. The summed E-state index contributed by atoms with van der Waals surface area (Å²) in [5.74, 6) is 1.35. The van der Waals surface area contributed by atoms with Crippen molar-refractivity contribution in [1.82, 2.24) is 0 Å². The van der Waals surface area contributed by atoms with E-state index in [0.717, 1.165) is 8.95 Å². The Kier molecular flexibility index (Phi) is 15.9. The third-order valence-corrected chi connectivity index (χ3v) is 4.41. The van der Waals surface area contributed by atoms with E-state index in [1.165, 1.54) is 0 Å². The molecule has 0 spiro atoms. The molecule has 1 rings (SSSR count). The van der Waals surface area contributed by atoms with Gasteiger partial charge in [-0.1, -0.05) is 0 Å². The molecule has 0 bridgehead atoms. The van der Waals surface area contributed by atoms with Crippen LogP contribution >= 0.6 is 31.9 Å². The average Bonchev–Trinajstić information content (AvgIpc) is 2.69. The van der Waals surface area contributed by atoms with Gasteiger partial charge in [-0.15, -0.1) is 0 Å². The Bertz CT molecular complexity index is 473. The van der Waals surface area contributed by atoms with Crippen LogP contribution in [0.25, 0.3) is 0 Å². The Hall–Kier alpha value is -0.460. The molecule has 8 nitrogen and oxygen atoms in total. The second kappa shape index (κ2) is 17.4. The summed E-state index contributed by atoms with van der Waals surface area (Å²) < 4.78 is 33.9. The minimum atomic E-state index is 0.0130. The number of hydrogen-bond acceptors (Lipinski definition) is 8. The van der Waals surface area contributed by atoms with Gasteiger partial charge in [0.05, 0.1) is 75.0 Å². The van der Waals surface area contributed by atoms with Crippen LogP contribution < -0.4 is 9.47 Å². The predicted octanol–water partition coefficient (Wildman–Crippen LogP) is 2.02. The van der Waals surface area contributed by atoms with Crippen LogP contribution in [0.5, 0.6) is 11.5 Å². The van der Waals surface area contributed by atoms with E-state index < -0.39 is 0 Å². The predicted molar refractivity (Wildman–Crippen MR) is 110 cm³/mol. The third kappa shape index (κ3) is 12.2. The molecule has 0 fully saturated rings. The number of ether oxygens (including phenoxy) is 6. The summed E-state index contributed by atoms with van der Waals surface area (Å²) in [6, 6.07) is 3.65. The Balaban J connectivity index is 2.20. The van der Waals surface area contributed by atoms with Crippen molar-refractivity contribution in [2.45, 2.75) is 0 Å². The summed E-state index contributed by atoms with van der Waals surface area (Å²) in [6.45, 7) is 4.14. The van der Waals surface area contributed by atoms with Crippen molar-refractivity contribution in [2.24, 2.45) is 0 Å². The molecular formula is C18H28Br2O8. The van der Waals surface area contributed by atoms with Gasteiger partial charge in [-0.2, -0.15) is 0 Å². The zero-order valence-corrected chi connectivity index (χ0v) is 18.9. The molecule has 0 atom stereocenters. The van der Waals surface area contributed by atoms with Gasteiger partial charge in [-0.05, 0) is 44.0 Å². The number of benzene rings is 1. The molecule has 162 valence electrons. The highest BCUT2D eigenvalue weighted by molar-refractivity contribution is 9.11. The quantitative estimate of drug-likeness (QED) is 0.278. The first-order valence-electron chi connectivity index (χ1n) is 8.96. The maximum absolute atomic E-state index is 8.59. The molecule has 10 heteroatoms. The highest BCUT2D eigenvalue weighted by atomic mass is 79.9. The van der Waals surface area contributed by atoms with E-state index in [2.05, 4.69) is 31.9 Å². The van der Waals surface area contributed by atoms with Crippen LogP contribution in [-0.2, 0) is 18.9 Å². The smallest absolute Gasteiger partial charge is 0.134 e. The molecule has 0 unspecified atom stereocenters. The lowest BCUT2D eigenvalue weighted by molar-refractivity contribution is 0.0243. The fourth-order valence-corrected chi connectivity index (χ4v) is 2.80. The molecule has 0 aromatic heterocycles. The lowest BCUT2D eigenvalue weighted by atomic mass is 10.3. The summed E-state index contributed by atoms with van der Waals surface area (Å²) in [7, 11) is 0. The van der Waals surface area contributed by atoms with Crippen molar-refractivity contribution >= 4 is 31.9 Å². The molecule has 0 saturated carbocycles. The number of halogens is 2. The van der Waals surface area contributed by atoms with E-state index in [0.29, 0.717) is 77.6 Å². The fourth-order valence-electron chi connectivity index (χ4n) is 1.93. The first-order valence-corrected chi connectivity index (χ1v) is 10.5. The number of hydrogen-bond donors (Lipinski definition) is 2. The van der Waals surface area contributed by atoms with Crippen molar-refractivity contribution in [1.29, 1.82) is 0 Å². The standard InChI is InChI=1S/C18H28Br2O8/c19-15-14-18(28-12-10-26-8-6-24-4-2-22)16(20)13-17(15)27-11-9-25-7-5-23-3-1-21/h13-14,21-22H,1-12H2. The van der Waals surface area contributed by atoms with Crippen molar-refractivity contribution in [2.75, 3.05) is 79.3 Å². The van der Waals surface area contributed by atoms with Crippen molar-refractivity contribution < 1.29 is 38.6 Å². The van der Waals surface area contributed by atoms with Gasteiger partial charge in [0.1, 0.15) is 24.7 Å². The fraction of sp³-hybridized carbons (Fsp3) is 0.667. The minimum absolute atomic E-state index is 0.0130. The third-order valence-electron chi connectivity index (χ3n) is 3.17. The lowest BCUT2D eigenvalue weighted by Crippen LogP contribution is -2.12. The molecular weight excluding hydrogens is 504 g/mol. The number of aliphatic hydroxyl groups is 2. The Labute approximate surface area is 182 Å². The first-order chi connectivity index (χ1) is 13.7. The highest BCUT2D eigenvalue weighted by Gasteiger charge is 2.09. The van der Waals surface area contributed by atoms with Crippen LogP contribution in [0.3, 0.4) is 0 Å². The summed E-state index contributed by atoms with van der Waals surface area (Å²) in [4.78, 5) is 0. The lowest BCUT2D eigenvalue weighted by Gasteiger charge is -2.13.